The first kappa shape index (κ1) is 15.6. The lowest BCUT2D eigenvalue weighted by atomic mass is 10.1. The Balaban J connectivity index is 1.85. The van der Waals surface area contributed by atoms with Crippen LogP contribution in [0.25, 0.3) is 49.5 Å². The summed E-state index contributed by atoms with van der Waals surface area (Å²) in [4.78, 5) is 4.59. The van der Waals surface area contributed by atoms with Crippen molar-refractivity contribution in [3.05, 3.63) is 79.1 Å². The maximum Gasteiger partial charge on any atom is 0.295 e. The van der Waals surface area contributed by atoms with E-state index in [1.807, 2.05) is 12.3 Å². The quantitative estimate of drug-likeness (QED) is 0.376. The molecule has 0 N–H and O–H groups in total. The van der Waals surface area contributed by atoms with Crippen LogP contribution in [0.4, 0.5) is 0 Å². The molecule has 0 bridgehead atoms. The molecular formula is C25H20N3+. The summed E-state index contributed by atoms with van der Waals surface area (Å²) < 4.78 is 4.86. The maximum atomic E-state index is 4.59. The standard InChI is InChI=1S/C25H20N3/c1-2-14-27-16-17(22-11-5-6-13-26-22)15-21-20-10-7-9-19-18-8-3-4-12-23(18)28(24(19)20)25(21)27/h3-13,15-16H,2,14H2,1H3/q+1. The molecule has 6 rings (SSSR count). The Bertz CT molecular complexity index is 1460. The highest BCUT2D eigenvalue weighted by atomic mass is 15.1. The number of pyridine rings is 2. The van der Waals surface area contributed by atoms with Crippen LogP contribution < -0.4 is 4.57 Å². The van der Waals surface area contributed by atoms with Gasteiger partial charge >= 0.3 is 0 Å². The minimum absolute atomic E-state index is 0.977. The molecule has 0 spiro atoms. The van der Waals surface area contributed by atoms with Crippen LogP contribution in [-0.2, 0) is 6.54 Å². The van der Waals surface area contributed by atoms with Crippen LogP contribution in [0.15, 0.2) is 79.1 Å². The van der Waals surface area contributed by atoms with Gasteiger partial charge in [-0.2, -0.15) is 4.40 Å². The van der Waals surface area contributed by atoms with Crippen molar-refractivity contribution in [3.63, 3.8) is 0 Å². The minimum Gasteiger partial charge on any atom is -0.256 e. The Labute approximate surface area is 162 Å². The first-order valence-electron chi connectivity index (χ1n) is 9.88. The van der Waals surface area contributed by atoms with E-state index in [1.54, 1.807) is 0 Å². The van der Waals surface area contributed by atoms with Crippen molar-refractivity contribution in [1.82, 2.24) is 9.38 Å². The third-order valence-electron chi connectivity index (χ3n) is 5.73. The number of hydrogen-bond acceptors (Lipinski definition) is 1. The fourth-order valence-electron chi connectivity index (χ4n) is 4.63. The average molecular weight is 362 g/mol. The van der Waals surface area contributed by atoms with Gasteiger partial charge in [0.15, 0.2) is 0 Å². The van der Waals surface area contributed by atoms with Crippen molar-refractivity contribution >= 4 is 38.2 Å². The van der Waals surface area contributed by atoms with Crippen LogP contribution in [0.2, 0.25) is 0 Å². The molecule has 0 radical (unpaired) electrons. The van der Waals surface area contributed by atoms with E-state index < -0.39 is 0 Å². The van der Waals surface area contributed by atoms with Crippen LogP contribution in [0, 0.1) is 0 Å². The molecule has 0 amide bonds. The van der Waals surface area contributed by atoms with Crippen molar-refractivity contribution in [2.24, 2.45) is 0 Å². The number of aryl methyl sites for hydroxylation is 1. The molecule has 0 fully saturated rings. The molecular weight excluding hydrogens is 342 g/mol. The highest BCUT2D eigenvalue weighted by Crippen LogP contribution is 2.38. The van der Waals surface area contributed by atoms with Crippen molar-refractivity contribution in [2.75, 3.05) is 0 Å². The van der Waals surface area contributed by atoms with Gasteiger partial charge in [-0.05, 0) is 48.9 Å². The van der Waals surface area contributed by atoms with Gasteiger partial charge < -0.3 is 0 Å². The van der Waals surface area contributed by atoms with Gasteiger partial charge in [-0.3, -0.25) is 4.98 Å². The predicted molar refractivity (Wildman–Crippen MR) is 115 cm³/mol. The van der Waals surface area contributed by atoms with E-state index in [4.69, 9.17) is 0 Å². The van der Waals surface area contributed by atoms with Gasteiger partial charge in [0.2, 0.25) is 0 Å². The average Bonchev–Trinajstić information content (AvgIpc) is 3.27. The molecule has 2 aromatic carbocycles. The Morgan fingerprint density at radius 2 is 1.64 bits per heavy atom. The zero-order chi connectivity index (χ0) is 18.7. The summed E-state index contributed by atoms with van der Waals surface area (Å²) in [5.41, 5.74) is 6.05. The smallest absolute Gasteiger partial charge is 0.256 e. The fraction of sp³-hybridized carbons (Fsp3) is 0.120. The Hall–Kier alpha value is -3.46. The predicted octanol–water partition coefficient (Wildman–Crippen LogP) is 5.60. The van der Waals surface area contributed by atoms with Gasteiger partial charge in [-0.15, -0.1) is 0 Å². The summed E-state index contributed by atoms with van der Waals surface area (Å²) in [5, 5.41) is 5.25. The normalized spacial score (nSPS) is 12.0. The summed E-state index contributed by atoms with van der Waals surface area (Å²) in [6.07, 6.45) is 5.21. The topological polar surface area (TPSA) is 21.2 Å². The van der Waals surface area contributed by atoms with E-state index >= 15 is 0 Å². The van der Waals surface area contributed by atoms with Crippen LogP contribution in [-0.4, -0.2) is 9.38 Å². The van der Waals surface area contributed by atoms with E-state index in [2.05, 4.69) is 87.7 Å². The molecule has 0 aliphatic rings. The Morgan fingerprint density at radius 3 is 2.46 bits per heavy atom. The molecule has 3 nitrogen and oxygen atoms in total. The molecule has 4 aromatic heterocycles. The molecule has 28 heavy (non-hydrogen) atoms. The highest BCUT2D eigenvalue weighted by Gasteiger charge is 2.26. The van der Waals surface area contributed by atoms with Crippen molar-refractivity contribution in [3.8, 4) is 11.3 Å². The van der Waals surface area contributed by atoms with Gasteiger partial charge in [-0.25, -0.2) is 4.57 Å². The number of rotatable bonds is 3. The Kier molecular flexibility index (Phi) is 3.21. The van der Waals surface area contributed by atoms with Gasteiger partial charge in [0.25, 0.3) is 5.65 Å². The molecule has 4 heterocycles. The number of para-hydroxylation sites is 2. The van der Waals surface area contributed by atoms with Crippen molar-refractivity contribution in [2.45, 2.75) is 19.9 Å². The lowest BCUT2D eigenvalue weighted by Gasteiger charge is -2.05. The molecule has 6 aromatic rings. The molecule has 0 aliphatic carbocycles. The minimum atomic E-state index is 0.977. The summed E-state index contributed by atoms with van der Waals surface area (Å²) in [5.74, 6) is 0. The number of benzene rings is 2. The number of aromatic nitrogens is 3. The van der Waals surface area contributed by atoms with E-state index in [0.29, 0.717) is 0 Å². The molecule has 0 saturated carbocycles. The SMILES string of the molecule is CCC[n+]1cc(-c2ccccn2)cc2c3cccc4c5ccccc5n(c43)c21. The zero-order valence-corrected chi connectivity index (χ0v) is 15.8. The van der Waals surface area contributed by atoms with Crippen LogP contribution >= 0.6 is 0 Å². The lowest BCUT2D eigenvalue weighted by molar-refractivity contribution is -0.672. The van der Waals surface area contributed by atoms with Gasteiger partial charge in [0, 0.05) is 27.9 Å². The Morgan fingerprint density at radius 1 is 0.857 bits per heavy atom. The second kappa shape index (κ2) is 5.77. The second-order valence-corrected chi connectivity index (χ2v) is 7.43. The first-order chi connectivity index (χ1) is 13.9. The van der Waals surface area contributed by atoms with Crippen molar-refractivity contribution < 1.29 is 4.57 Å². The van der Waals surface area contributed by atoms with E-state index in [-0.39, 0.29) is 0 Å². The first-order valence-corrected chi connectivity index (χ1v) is 9.88. The second-order valence-electron chi connectivity index (χ2n) is 7.43. The number of fused-ring (bicyclic) bond motifs is 6. The van der Waals surface area contributed by atoms with Crippen LogP contribution in [0.5, 0.6) is 0 Å². The molecule has 134 valence electrons. The van der Waals surface area contributed by atoms with Crippen molar-refractivity contribution in [1.29, 1.82) is 0 Å². The molecule has 3 heteroatoms. The molecule has 0 saturated heterocycles. The molecule has 0 unspecified atom stereocenters. The monoisotopic (exact) mass is 362 g/mol. The van der Waals surface area contributed by atoms with E-state index in [0.717, 1.165) is 18.7 Å². The summed E-state index contributed by atoms with van der Waals surface area (Å²) in [6, 6.07) is 23.8. The van der Waals surface area contributed by atoms with Crippen LogP contribution in [0.1, 0.15) is 13.3 Å². The van der Waals surface area contributed by atoms with Gasteiger partial charge in [0.05, 0.1) is 17.6 Å². The van der Waals surface area contributed by atoms with E-state index in [1.165, 1.54) is 43.8 Å². The summed E-state index contributed by atoms with van der Waals surface area (Å²) >= 11 is 0. The number of hydrogen-bond donors (Lipinski definition) is 0. The maximum absolute atomic E-state index is 4.59. The lowest BCUT2D eigenvalue weighted by Crippen LogP contribution is -2.35. The summed E-state index contributed by atoms with van der Waals surface area (Å²) in [6.45, 7) is 3.21. The van der Waals surface area contributed by atoms with Crippen LogP contribution in [0.3, 0.4) is 0 Å². The molecule has 0 aliphatic heterocycles. The fourth-order valence-corrected chi connectivity index (χ4v) is 4.63. The third-order valence-corrected chi connectivity index (χ3v) is 5.73. The van der Waals surface area contributed by atoms with Gasteiger partial charge in [-0.1, -0.05) is 31.2 Å². The zero-order valence-electron chi connectivity index (χ0n) is 15.8. The molecule has 0 atom stereocenters. The third kappa shape index (κ3) is 1.99. The summed E-state index contributed by atoms with van der Waals surface area (Å²) in [7, 11) is 0. The highest BCUT2D eigenvalue weighted by molar-refractivity contribution is 6.22. The van der Waals surface area contributed by atoms with E-state index in [9.17, 15) is 0 Å². The number of nitrogens with zero attached hydrogens (tertiary/aromatic N) is 3. The largest absolute Gasteiger partial charge is 0.295 e. The van der Waals surface area contributed by atoms with Gasteiger partial charge in [0.1, 0.15) is 17.2 Å².